The van der Waals surface area contributed by atoms with Crippen LogP contribution in [0.1, 0.15) is 12.6 Å². The molecule has 0 spiro atoms. The van der Waals surface area contributed by atoms with E-state index in [1.807, 2.05) is 36.8 Å². The highest BCUT2D eigenvalue weighted by atomic mass is 35.5. The number of rotatable bonds is 4. The van der Waals surface area contributed by atoms with Crippen molar-refractivity contribution in [3.63, 3.8) is 0 Å². The number of nitrogens with one attached hydrogen (secondary N) is 2. The van der Waals surface area contributed by atoms with Crippen LogP contribution < -0.4 is 5.32 Å². The quantitative estimate of drug-likeness (QED) is 0.535. The predicted octanol–water partition coefficient (Wildman–Crippen LogP) is 5.12. The van der Waals surface area contributed by atoms with Gasteiger partial charge < -0.3 is 10.3 Å². The van der Waals surface area contributed by atoms with Crippen molar-refractivity contribution in [1.29, 1.82) is 0 Å². The van der Waals surface area contributed by atoms with Gasteiger partial charge in [0.1, 0.15) is 0 Å². The molecule has 3 heterocycles. The number of halogens is 1. The Balaban J connectivity index is 1.77. The molecule has 0 aliphatic carbocycles. The molecule has 0 radical (unpaired) electrons. The van der Waals surface area contributed by atoms with Crippen molar-refractivity contribution in [2.24, 2.45) is 0 Å². The Bertz CT molecular complexity index is 1060. The molecule has 0 saturated heterocycles. The Labute approximate surface area is 148 Å². The van der Waals surface area contributed by atoms with Gasteiger partial charge in [0.25, 0.3) is 0 Å². The van der Waals surface area contributed by atoms with Gasteiger partial charge in [-0.1, -0.05) is 18.2 Å². The molecule has 4 rings (SSSR count). The molecular weight excluding hydrogens is 340 g/mol. The maximum absolute atomic E-state index is 6.50. The van der Waals surface area contributed by atoms with Crippen molar-refractivity contribution in [1.82, 2.24) is 20.3 Å². The van der Waals surface area contributed by atoms with E-state index in [4.69, 9.17) is 11.6 Å². The van der Waals surface area contributed by atoms with Crippen molar-refractivity contribution in [3.8, 4) is 11.3 Å². The van der Waals surface area contributed by atoms with Crippen molar-refractivity contribution < 1.29 is 0 Å². The van der Waals surface area contributed by atoms with E-state index in [0.29, 0.717) is 11.6 Å². The summed E-state index contributed by atoms with van der Waals surface area (Å²) in [5.74, 6) is 0. The molecule has 0 atom stereocenters. The number of nitrogens with zero attached hydrogens (tertiary/aromatic N) is 2. The first-order chi connectivity index (χ1) is 11.6. The van der Waals surface area contributed by atoms with Crippen LogP contribution in [0.4, 0.5) is 0 Å². The number of aromatic nitrogens is 3. The Morgan fingerprint density at radius 2 is 2.17 bits per heavy atom. The zero-order valence-electron chi connectivity index (χ0n) is 13.1. The standard InChI is InChI=1S/C18H15ClN4S/c1-10(2)20-7-12-3-11-4-14(19)13(5-15(11)23-12)16-6-17-18(8-21-16)24-9-22-17/h3-6,8-9,20,23H,1,7H2,2H3. The molecule has 2 N–H and O–H groups in total. The average molecular weight is 355 g/mol. The van der Waals surface area contributed by atoms with E-state index >= 15 is 0 Å². The zero-order valence-corrected chi connectivity index (χ0v) is 14.6. The smallest absolute Gasteiger partial charge is 0.0849 e. The van der Waals surface area contributed by atoms with Gasteiger partial charge in [-0.05, 0) is 31.2 Å². The van der Waals surface area contributed by atoms with E-state index < -0.39 is 0 Å². The van der Waals surface area contributed by atoms with E-state index in [9.17, 15) is 0 Å². The van der Waals surface area contributed by atoms with Gasteiger partial charge >= 0.3 is 0 Å². The van der Waals surface area contributed by atoms with Crippen LogP contribution in [0.2, 0.25) is 5.02 Å². The summed E-state index contributed by atoms with van der Waals surface area (Å²) >= 11 is 8.08. The third-order valence-corrected chi connectivity index (χ3v) is 4.93. The van der Waals surface area contributed by atoms with Gasteiger partial charge in [0, 0.05) is 34.1 Å². The average Bonchev–Trinajstić information content (AvgIpc) is 3.17. The van der Waals surface area contributed by atoms with Crippen LogP contribution in [-0.4, -0.2) is 15.0 Å². The fourth-order valence-electron chi connectivity index (χ4n) is 2.66. The number of allylic oxidation sites excluding steroid dienone is 1. The number of fused-ring (bicyclic) bond motifs is 2. The minimum atomic E-state index is 0.683. The first-order valence-electron chi connectivity index (χ1n) is 7.50. The van der Waals surface area contributed by atoms with E-state index in [1.54, 1.807) is 11.3 Å². The molecule has 4 nitrogen and oxygen atoms in total. The minimum Gasteiger partial charge on any atom is -0.383 e. The van der Waals surface area contributed by atoms with Gasteiger partial charge in [0.15, 0.2) is 0 Å². The fourth-order valence-corrected chi connectivity index (χ4v) is 3.56. The van der Waals surface area contributed by atoms with Crippen LogP contribution in [0.5, 0.6) is 0 Å². The second-order valence-electron chi connectivity index (χ2n) is 5.74. The monoisotopic (exact) mass is 354 g/mol. The maximum Gasteiger partial charge on any atom is 0.0849 e. The lowest BCUT2D eigenvalue weighted by molar-refractivity contribution is 0.798. The van der Waals surface area contributed by atoms with Crippen LogP contribution in [0, 0.1) is 0 Å². The molecule has 6 heteroatoms. The van der Waals surface area contributed by atoms with E-state index in [2.05, 4.69) is 32.9 Å². The van der Waals surface area contributed by atoms with Gasteiger partial charge in [-0.3, -0.25) is 4.98 Å². The second-order valence-corrected chi connectivity index (χ2v) is 7.03. The topological polar surface area (TPSA) is 53.6 Å². The number of benzene rings is 1. The number of aromatic amines is 1. The van der Waals surface area contributed by atoms with E-state index in [1.165, 1.54) is 0 Å². The second kappa shape index (κ2) is 5.92. The number of H-pyrrole nitrogens is 1. The van der Waals surface area contributed by atoms with Gasteiger partial charge in [0.05, 0.1) is 33.0 Å². The summed E-state index contributed by atoms with van der Waals surface area (Å²) < 4.78 is 1.07. The number of thiazole rings is 1. The summed E-state index contributed by atoms with van der Waals surface area (Å²) in [6, 6.07) is 8.09. The van der Waals surface area contributed by atoms with Crippen LogP contribution in [0.15, 0.2) is 48.2 Å². The predicted molar refractivity (Wildman–Crippen MR) is 101 cm³/mol. The lowest BCUT2D eigenvalue weighted by Gasteiger charge is -2.04. The number of hydrogen-bond donors (Lipinski definition) is 2. The Kier molecular flexibility index (Phi) is 3.75. The van der Waals surface area contributed by atoms with Crippen LogP contribution >= 0.6 is 22.9 Å². The molecule has 0 aliphatic rings. The molecule has 0 bridgehead atoms. The summed E-state index contributed by atoms with van der Waals surface area (Å²) in [5.41, 5.74) is 7.56. The highest BCUT2D eigenvalue weighted by molar-refractivity contribution is 7.16. The highest BCUT2D eigenvalue weighted by Gasteiger charge is 2.11. The SMILES string of the molecule is C=C(C)NCc1cc2cc(Cl)c(-c3cc4ncsc4cn3)cc2[nH]1. The maximum atomic E-state index is 6.50. The van der Waals surface area contributed by atoms with E-state index in [-0.39, 0.29) is 0 Å². The summed E-state index contributed by atoms with van der Waals surface area (Å²) in [5, 5.41) is 4.99. The molecule has 0 saturated carbocycles. The highest BCUT2D eigenvalue weighted by Crippen LogP contribution is 2.33. The Morgan fingerprint density at radius 1 is 1.29 bits per heavy atom. The van der Waals surface area contributed by atoms with Gasteiger partial charge in [-0.25, -0.2) is 4.98 Å². The Morgan fingerprint density at radius 3 is 3.00 bits per heavy atom. The molecule has 24 heavy (non-hydrogen) atoms. The Hall–Kier alpha value is -2.37. The lowest BCUT2D eigenvalue weighted by atomic mass is 10.1. The van der Waals surface area contributed by atoms with Crippen molar-refractivity contribution in [2.45, 2.75) is 13.5 Å². The molecule has 1 aromatic carbocycles. The molecule has 4 aromatic rings. The molecule has 0 amide bonds. The zero-order chi connectivity index (χ0) is 16.7. The summed E-state index contributed by atoms with van der Waals surface area (Å²) in [7, 11) is 0. The summed E-state index contributed by atoms with van der Waals surface area (Å²) in [4.78, 5) is 12.3. The largest absolute Gasteiger partial charge is 0.383 e. The normalized spacial score (nSPS) is 11.2. The van der Waals surface area contributed by atoms with Gasteiger partial charge in [-0.2, -0.15) is 0 Å². The third kappa shape index (κ3) is 2.77. The molecule has 0 fully saturated rings. The van der Waals surface area contributed by atoms with Crippen molar-refractivity contribution in [2.75, 3.05) is 0 Å². The van der Waals surface area contributed by atoms with E-state index in [0.717, 1.165) is 43.8 Å². The van der Waals surface area contributed by atoms with Gasteiger partial charge in [-0.15, -0.1) is 11.3 Å². The molecular formula is C18H15ClN4S. The van der Waals surface area contributed by atoms with Crippen LogP contribution in [0.25, 0.3) is 32.4 Å². The van der Waals surface area contributed by atoms with Gasteiger partial charge in [0.2, 0.25) is 0 Å². The molecule has 0 unspecified atom stereocenters. The van der Waals surface area contributed by atoms with Crippen LogP contribution in [0.3, 0.4) is 0 Å². The lowest BCUT2D eigenvalue weighted by Crippen LogP contribution is -2.09. The first-order valence-corrected chi connectivity index (χ1v) is 8.76. The van der Waals surface area contributed by atoms with Crippen molar-refractivity contribution >= 4 is 44.1 Å². The molecule has 3 aromatic heterocycles. The first kappa shape index (κ1) is 15.2. The molecule has 0 aliphatic heterocycles. The third-order valence-electron chi connectivity index (χ3n) is 3.84. The fraction of sp³-hybridized carbons (Fsp3) is 0.111. The molecule has 120 valence electrons. The van der Waals surface area contributed by atoms with Crippen molar-refractivity contribution in [3.05, 3.63) is 59.0 Å². The number of hydrogen-bond acceptors (Lipinski definition) is 4. The van der Waals surface area contributed by atoms with Crippen LogP contribution in [-0.2, 0) is 6.54 Å². The summed E-state index contributed by atoms with van der Waals surface area (Å²) in [6.45, 7) is 6.50. The minimum absolute atomic E-state index is 0.683. The summed E-state index contributed by atoms with van der Waals surface area (Å²) in [6.07, 6.45) is 1.85. The number of pyridine rings is 1.